The SMILES string of the molecule is CCC(C)(C)C(=O)Nc1ccc(C(C)c2ccccc2)c2cccnc12. The van der Waals surface area contributed by atoms with Crippen LogP contribution in [0.5, 0.6) is 0 Å². The fourth-order valence-corrected chi connectivity index (χ4v) is 3.05. The second-order valence-corrected chi connectivity index (χ2v) is 7.43. The minimum Gasteiger partial charge on any atom is -0.324 e. The molecule has 1 aromatic heterocycles. The molecule has 0 bridgehead atoms. The van der Waals surface area contributed by atoms with Gasteiger partial charge in [-0.05, 0) is 29.7 Å². The largest absolute Gasteiger partial charge is 0.324 e. The fraction of sp³-hybridized carbons (Fsp3) is 0.304. The molecule has 0 fully saturated rings. The van der Waals surface area contributed by atoms with Crippen molar-refractivity contribution in [2.75, 3.05) is 5.32 Å². The summed E-state index contributed by atoms with van der Waals surface area (Å²) in [5.41, 5.74) is 3.69. The van der Waals surface area contributed by atoms with Crippen molar-refractivity contribution in [3.05, 3.63) is 71.9 Å². The summed E-state index contributed by atoms with van der Waals surface area (Å²) in [5.74, 6) is 0.274. The van der Waals surface area contributed by atoms with Crippen molar-refractivity contribution in [1.29, 1.82) is 0 Å². The van der Waals surface area contributed by atoms with Gasteiger partial charge in [0.25, 0.3) is 0 Å². The van der Waals surface area contributed by atoms with Crippen molar-refractivity contribution < 1.29 is 4.79 Å². The molecule has 0 aliphatic heterocycles. The quantitative estimate of drug-likeness (QED) is 0.638. The van der Waals surface area contributed by atoms with Gasteiger partial charge >= 0.3 is 0 Å². The van der Waals surface area contributed by atoms with Gasteiger partial charge in [0, 0.05) is 22.9 Å². The molecule has 1 unspecified atom stereocenters. The number of hydrogen-bond acceptors (Lipinski definition) is 2. The zero-order chi connectivity index (χ0) is 18.7. The molecule has 0 radical (unpaired) electrons. The van der Waals surface area contributed by atoms with Crippen LogP contribution in [0.2, 0.25) is 0 Å². The number of nitrogens with zero attached hydrogens (tertiary/aromatic N) is 1. The minimum absolute atomic E-state index is 0.0239. The Bertz CT molecular complexity index is 916. The smallest absolute Gasteiger partial charge is 0.230 e. The maximum absolute atomic E-state index is 12.6. The Morgan fingerprint density at radius 1 is 1.08 bits per heavy atom. The van der Waals surface area contributed by atoms with E-state index in [2.05, 4.69) is 53.6 Å². The highest BCUT2D eigenvalue weighted by molar-refractivity contribution is 6.03. The molecule has 0 saturated carbocycles. The highest BCUT2D eigenvalue weighted by atomic mass is 16.2. The predicted molar refractivity (Wildman–Crippen MR) is 108 cm³/mol. The molecule has 0 spiro atoms. The molecule has 3 nitrogen and oxygen atoms in total. The molecule has 1 N–H and O–H groups in total. The predicted octanol–water partition coefficient (Wildman–Crippen LogP) is 5.76. The Hall–Kier alpha value is -2.68. The summed E-state index contributed by atoms with van der Waals surface area (Å²) < 4.78 is 0. The van der Waals surface area contributed by atoms with E-state index < -0.39 is 5.41 Å². The van der Waals surface area contributed by atoms with Crippen LogP contribution in [0.25, 0.3) is 10.9 Å². The number of rotatable bonds is 5. The van der Waals surface area contributed by atoms with E-state index in [-0.39, 0.29) is 11.8 Å². The molecule has 0 saturated heterocycles. The average molecular weight is 346 g/mol. The van der Waals surface area contributed by atoms with Gasteiger partial charge < -0.3 is 5.32 Å². The minimum atomic E-state index is -0.406. The van der Waals surface area contributed by atoms with E-state index in [1.165, 1.54) is 11.1 Å². The zero-order valence-corrected chi connectivity index (χ0v) is 15.9. The molecule has 1 heterocycles. The van der Waals surface area contributed by atoms with Crippen LogP contribution >= 0.6 is 0 Å². The van der Waals surface area contributed by atoms with E-state index in [9.17, 15) is 4.79 Å². The molecule has 1 atom stereocenters. The molecule has 2 aromatic carbocycles. The first-order valence-electron chi connectivity index (χ1n) is 9.18. The van der Waals surface area contributed by atoms with E-state index in [0.717, 1.165) is 23.0 Å². The Balaban J connectivity index is 2.04. The van der Waals surface area contributed by atoms with Crippen molar-refractivity contribution in [3.8, 4) is 0 Å². The Morgan fingerprint density at radius 3 is 2.50 bits per heavy atom. The first kappa shape index (κ1) is 18.1. The van der Waals surface area contributed by atoms with Crippen molar-refractivity contribution >= 4 is 22.5 Å². The lowest BCUT2D eigenvalue weighted by Crippen LogP contribution is -2.30. The summed E-state index contributed by atoms with van der Waals surface area (Å²) in [6.45, 7) is 8.16. The third-order valence-electron chi connectivity index (χ3n) is 5.32. The van der Waals surface area contributed by atoms with Gasteiger partial charge in [-0.1, -0.05) is 70.2 Å². The summed E-state index contributed by atoms with van der Waals surface area (Å²) in [4.78, 5) is 17.2. The van der Waals surface area contributed by atoms with Crippen LogP contribution in [-0.4, -0.2) is 10.9 Å². The van der Waals surface area contributed by atoms with Gasteiger partial charge in [-0.15, -0.1) is 0 Å². The molecule has 0 aliphatic rings. The number of anilines is 1. The molecular formula is C23H26N2O. The van der Waals surface area contributed by atoms with E-state index in [4.69, 9.17) is 0 Å². The third-order valence-corrected chi connectivity index (χ3v) is 5.32. The number of carbonyl (C=O) groups is 1. The third kappa shape index (κ3) is 3.48. The molecule has 26 heavy (non-hydrogen) atoms. The van der Waals surface area contributed by atoms with Gasteiger partial charge in [0.1, 0.15) is 0 Å². The van der Waals surface area contributed by atoms with Gasteiger partial charge in [-0.2, -0.15) is 0 Å². The molecular weight excluding hydrogens is 320 g/mol. The highest BCUT2D eigenvalue weighted by Crippen LogP contribution is 2.34. The van der Waals surface area contributed by atoms with Crippen LogP contribution in [-0.2, 0) is 4.79 Å². The molecule has 0 aliphatic carbocycles. The van der Waals surface area contributed by atoms with Gasteiger partial charge in [0.05, 0.1) is 11.2 Å². The molecule has 3 heteroatoms. The van der Waals surface area contributed by atoms with Crippen molar-refractivity contribution in [2.45, 2.75) is 40.0 Å². The summed E-state index contributed by atoms with van der Waals surface area (Å²) in [5, 5.41) is 4.16. The van der Waals surface area contributed by atoms with E-state index in [1.54, 1.807) is 6.20 Å². The summed E-state index contributed by atoms with van der Waals surface area (Å²) in [6.07, 6.45) is 2.56. The summed E-state index contributed by atoms with van der Waals surface area (Å²) in [6, 6.07) is 18.6. The second kappa shape index (κ2) is 7.28. The zero-order valence-electron chi connectivity index (χ0n) is 15.9. The number of aromatic nitrogens is 1. The lowest BCUT2D eigenvalue weighted by molar-refractivity contribution is -0.124. The molecule has 3 rings (SSSR count). The van der Waals surface area contributed by atoms with Crippen LogP contribution in [0, 0.1) is 5.41 Å². The average Bonchev–Trinajstić information content (AvgIpc) is 2.68. The van der Waals surface area contributed by atoms with Crippen molar-refractivity contribution in [3.63, 3.8) is 0 Å². The number of hydrogen-bond donors (Lipinski definition) is 1. The maximum atomic E-state index is 12.6. The summed E-state index contributed by atoms with van der Waals surface area (Å²) in [7, 11) is 0. The first-order valence-corrected chi connectivity index (χ1v) is 9.18. The molecule has 3 aromatic rings. The van der Waals surface area contributed by atoms with Gasteiger partial charge in [-0.25, -0.2) is 0 Å². The number of carbonyl (C=O) groups excluding carboxylic acids is 1. The number of nitrogens with one attached hydrogen (secondary N) is 1. The van der Waals surface area contributed by atoms with Gasteiger partial charge in [-0.3, -0.25) is 9.78 Å². The Morgan fingerprint density at radius 2 is 1.81 bits per heavy atom. The van der Waals surface area contributed by atoms with Crippen LogP contribution in [0.15, 0.2) is 60.8 Å². The van der Waals surface area contributed by atoms with Crippen molar-refractivity contribution in [2.24, 2.45) is 5.41 Å². The second-order valence-electron chi connectivity index (χ2n) is 7.43. The van der Waals surface area contributed by atoms with E-state index in [1.807, 2.05) is 39.0 Å². The normalized spacial score (nSPS) is 12.8. The first-order chi connectivity index (χ1) is 12.4. The Kier molecular flexibility index (Phi) is 5.08. The van der Waals surface area contributed by atoms with Crippen LogP contribution in [0.1, 0.15) is 51.2 Å². The number of fused-ring (bicyclic) bond motifs is 1. The summed E-state index contributed by atoms with van der Waals surface area (Å²) >= 11 is 0. The van der Waals surface area contributed by atoms with Crippen LogP contribution in [0.3, 0.4) is 0 Å². The number of pyridine rings is 1. The topological polar surface area (TPSA) is 42.0 Å². The van der Waals surface area contributed by atoms with Crippen LogP contribution in [0.4, 0.5) is 5.69 Å². The van der Waals surface area contributed by atoms with E-state index >= 15 is 0 Å². The Labute approximate surface area is 155 Å². The van der Waals surface area contributed by atoms with Gasteiger partial charge in [0.2, 0.25) is 5.91 Å². The molecule has 134 valence electrons. The lowest BCUT2D eigenvalue weighted by atomic mass is 9.88. The lowest BCUT2D eigenvalue weighted by Gasteiger charge is -2.23. The van der Waals surface area contributed by atoms with Crippen LogP contribution < -0.4 is 5.32 Å². The number of benzene rings is 2. The standard InChI is InChI=1S/C23H26N2O/c1-5-23(3,4)22(26)25-20-14-13-18(19-12-9-15-24-21(19)20)16(2)17-10-7-6-8-11-17/h6-16H,5H2,1-4H3,(H,25,26). The van der Waals surface area contributed by atoms with Gasteiger partial charge in [0.15, 0.2) is 0 Å². The van der Waals surface area contributed by atoms with Crippen molar-refractivity contribution in [1.82, 2.24) is 4.98 Å². The maximum Gasteiger partial charge on any atom is 0.230 e. The monoisotopic (exact) mass is 346 g/mol. The fourth-order valence-electron chi connectivity index (χ4n) is 3.05. The molecule has 1 amide bonds. The highest BCUT2D eigenvalue weighted by Gasteiger charge is 2.26. The number of amides is 1. The van der Waals surface area contributed by atoms with E-state index in [0.29, 0.717) is 0 Å².